The van der Waals surface area contributed by atoms with E-state index < -0.39 is 5.41 Å². The summed E-state index contributed by atoms with van der Waals surface area (Å²) in [6.07, 6.45) is 0. The molecule has 0 bridgehead atoms. The summed E-state index contributed by atoms with van der Waals surface area (Å²) in [7, 11) is 0. The zero-order chi connectivity index (χ0) is 39.0. The quantitative estimate of drug-likeness (QED) is 0.180. The van der Waals surface area contributed by atoms with Gasteiger partial charge in [0, 0.05) is 27.3 Å². The summed E-state index contributed by atoms with van der Waals surface area (Å²) in [6, 6.07) is 66.3. The molecule has 0 saturated carbocycles. The molecule has 0 N–H and O–H groups in total. The third-order valence-electron chi connectivity index (χ3n) is 13.5. The van der Waals surface area contributed by atoms with Crippen molar-refractivity contribution in [2.75, 3.05) is 0 Å². The maximum atomic E-state index is 5.35. The Morgan fingerprint density at radius 1 is 0.356 bits per heavy atom. The van der Waals surface area contributed by atoms with Crippen molar-refractivity contribution in [2.45, 2.75) is 24.7 Å². The van der Waals surface area contributed by atoms with E-state index in [4.69, 9.17) is 15.0 Å². The van der Waals surface area contributed by atoms with Gasteiger partial charge in [0.25, 0.3) is 0 Å². The van der Waals surface area contributed by atoms with Crippen molar-refractivity contribution in [1.29, 1.82) is 0 Å². The fourth-order valence-corrected chi connectivity index (χ4v) is 10.9. The fourth-order valence-electron chi connectivity index (χ4n) is 10.9. The Morgan fingerprint density at radius 2 is 0.746 bits per heavy atom. The molecule has 276 valence electrons. The number of nitrogens with zero attached hydrogens (tertiary/aromatic N) is 4. The minimum Gasteiger partial charge on any atom is -0.278 e. The summed E-state index contributed by atoms with van der Waals surface area (Å²) in [6.45, 7) is 4.73. The van der Waals surface area contributed by atoms with E-state index in [0.29, 0.717) is 17.6 Å². The van der Waals surface area contributed by atoms with Gasteiger partial charge in [-0.1, -0.05) is 172 Å². The average molecular weight is 753 g/mol. The van der Waals surface area contributed by atoms with Crippen LogP contribution in [0.4, 0.5) is 0 Å². The number of hydrogen-bond acceptors (Lipinski definition) is 3. The van der Waals surface area contributed by atoms with Crippen molar-refractivity contribution in [3.8, 4) is 62.1 Å². The first-order valence-corrected chi connectivity index (χ1v) is 20.5. The highest BCUT2D eigenvalue weighted by Gasteiger charge is 2.52. The molecule has 4 heteroatoms. The van der Waals surface area contributed by atoms with Gasteiger partial charge in [0.1, 0.15) is 0 Å². The first-order chi connectivity index (χ1) is 29.0. The lowest BCUT2D eigenvalue weighted by atomic mass is 9.70. The second-order valence-corrected chi connectivity index (χ2v) is 16.7. The van der Waals surface area contributed by atoms with Gasteiger partial charge < -0.3 is 0 Å². The molecule has 2 aromatic heterocycles. The van der Waals surface area contributed by atoms with Gasteiger partial charge in [-0.3, -0.25) is 4.57 Å². The van der Waals surface area contributed by atoms with E-state index in [1.54, 1.807) is 0 Å². The van der Waals surface area contributed by atoms with Crippen LogP contribution in [0.15, 0.2) is 182 Å². The second-order valence-electron chi connectivity index (χ2n) is 16.7. The van der Waals surface area contributed by atoms with Crippen molar-refractivity contribution in [3.63, 3.8) is 0 Å². The maximum absolute atomic E-state index is 5.35. The molecule has 0 atom stereocenters. The summed E-state index contributed by atoms with van der Waals surface area (Å²) < 4.78 is 2.31. The van der Waals surface area contributed by atoms with E-state index in [2.05, 4.69) is 164 Å². The molecule has 0 amide bonds. The van der Waals surface area contributed by atoms with Gasteiger partial charge in [-0.15, -0.1) is 0 Å². The van der Waals surface area contributed by atoms with Crippen molar-refractivity contribution < 1.29 is 0 Å². The highest BCUT2D eigenvalue weighted by molar-refractivity contribution is 6.14. The molecule has 0 fully saturated rings. The van der Waals surface area contributed by atoms with Crippen LogP contribution >= 0.6 is 0 Å². The summed E-state index contributed by atoms with van der Waals surface area (Å²) in [5.41, 5.74) is 19.1. The molecule has 8 aromatic carbocycles. The average Bonchev–Trinajstić information content (AvgIpc) is 3.95. The van der Waals surface area contributed by atoms with Crippen molar-refractivity contribution >= 4 is 21.8 Å². The Bertz CT molecular complexity index is 3310. The maximum Gasteiger partial charge on any atom is 0.238 e. The van der Waals surface area contributed by atoms with Crippen LogP contribution in [0.2, 0.25) is 0 Å². The van der Waals surface area contributed by atoms with Crippen LogP contribution < -0.4 is 0 Å². The molecule has 0 radical (unpaired) electrons. The van der Waals surface area contributed by atoms with Gasteiger partial charge in [0.05, 0.1) is 16.4 Å². The van der Waals surface area contributed by atoms with Gasteiger partial charge >= 0.3 is 0 Å². The SMILES string of the molecule is CC1(C)c2ccccc2-c2cc3c(cc21)c1cc2c(cc1n3-c1nc(-c3ccccc3)nc(-c3ccccc3)n1)-c1ccccc1C21c2ccccc2-c2ccccc21. The lowest BCUT2D eigenvalue weighted by Gasteiger charge is -2.30. The minimum absolute atomic E-state index is 0.166. The number of fused-ring (bicyclic) bond motifs is 16. The third-order valence-corrected chi connectivity index (χ3v) is 13.5. The summed E-state index contributed by atoms with van der Waals surface area (Å²) in [4.78, 5) is 15.8. The topological polar surface area (TPSA) is 43.6 Å². The minimum atomic E-state index is -0.456. The Kier molecular flexibility index (Phi) is 6.41. The molecule has 3 aliphatic rings. The van der Waals surface area contributed by atoms with Crippen LogP contribution in [-0.2, 0) is 10.8 Å². The standard InChI is InChI=1S/C55H36N4/c1-54(2)43-25-13-9-23-37(43)39-31-49-41(29-47(39)54)42-30-48-40(38-24-12-16-28-46(38)55(48)44-26-14-10-21-35(44)36-22-11-15-27-45(36)55)32-50(42)59(49)53-57-51(33-17-5-3-6-18-33)56-52(58-53)34-19-7-4-8-20-34/h3-32H,1-2H3. The van der Waals surface area contributed by atoms with E-state index in [0.717, 1.165) is 22.2 Å². The molecule has 10 aromatic rings. The fraction of sp³-hybridized carbons (Fsp3) is 0.0727. The predicted octanol–water partition coefficient (Wildman–Crippen LogP) is 13.0. The van der Waals surface area contributed by atoms with Crippen molar-refractivity contribution in [2.24, 2.45) is 0 Å². The molecule has 0 unspecified atom stereocenters. The van der Waals surface area contributed by atoms with Crippen LogP contribution in [0.3, 0.4) is 0 Å². The molecule has 1 spiro atoms. The number of rotatable bonds is 3. The Balaban J connectivity index is 1.19. The van der Waals surface area contributed by atoms with Crippen LogP contribution in [0.25, 0.3) is 83.9 Å². The second kappa shape index (κ2) is 11.6. The highest BCUT2D eigenvalue weighted by atomic mass is 15.2. The first kappa shape index (κ1) is 32.6. The number of aromatic nitrogens is 4. The van der Waals surface area contributed by atoms with Gasteiger partial charge in [-0.2, -0.15) is 9.97 Å². The molecular formula is C55H36N4. The summed E-state index contributed by atoms with van der Waals surface area (Å²) in [5, 5.41) is 2.38. The van der Waals surface area contributed by atoms with Crippen LogP contribution in [0.1, 0.15) is 47.2 Å². The van der Waals surface area contributed by atoms with Gasteiger partial charge in [0.15, 0.2) is 11.6 Å². The molecule has 13 rings (SSSR count). The zero-order valence-corrected chi connectivity index (χ0v) is 32.6. The molecule has 4 nitrogen and oxygen atoms in total. The first-order valence-electron chi connectivity index (χ1n) is 20.5. The van der Waals surface area contributed by atoms with E-state index in [1.807, 2.05) is 36.4 Å². The zero-order valence-electron chi connectivity index (χ0n) is 32.6. The summed E-state index contributed by atoms with van der Waals surface area (Å²) in [5.74, 6) is 1.88. The van der Waals surface area contributed by atoms with Crippen LogP contribution in [0, 0.1) is 0 Å². The normalized spacial score (nSPS) is 14.5. The van der Waals surface area contributed by atoms with E-state index in [-0.39, 0.29) is 5.41 Å². The summed E-state index contributed by atoms with van der Waals surface area (Å²) >= 11 is 0. The molecular weight excluding hydrogens is 717 g/mol. The Labute approximate surface area is 342 Å². The molecule has 0 saturated heterocycles. The molecule has 2 heterocycles. The van der Waals surface area contributed by atoms with Gasteiger partial charge in [-0.25, -0.2) is 4.98 Å². The van der Waals surface area contributed by atoms with Crippen molar-refractivity contribution in [3.05, 3.63) is 215 Å². The molecule has 3 aliphatic carbocycles. The molecule has 0 aliphatic heterocycles. The predicted molar refractivity (Wildman–Crippen MR) is 239 cm³/mol. The lowest BCUT2D eigenvalue weighted by molar-refractivity contribution is 0.661. The van der Waals surface area contributed by atoms with Gasteiger partial charge in [-0.05, 0) is 91.0 Å². The van der Waals surface area contributed by atoms with E-state index in [9.17, 15) is 0 Å². The number of benzene rings is 8. The Morgan fingerprint density at radius 3 is 1.25 bits per heavy atom. The monoisotopic (exact) mass is 752 g/mol. The van der Waals surface area contributed by atoms with Crippen molar-refractivity contribution in [1.82, 2.24) is 19.5 Å². The van der Waals surface area contributed by atoms with Gasteiger partial charge in [0.2, 0.25) is 5.95 Å². The lowest BCUT2D eigenvalue weighted by Crippen LogP contribution is -2.25. The third kappa shape index (κ3) is 4.20. The van der Waals surface area contributed by atoms with E-state index in [1.165, 1.54) is 77.5 Å². The highest BCUT2D eigenvalue weighted by Crippen LogP contribution is 2.63. The smallest absolute Gasteiger partial charge is 0.238 e. The Hall–Kier alpha value is -7.43. The van der Waals surface area contributed by atoms with Crippen LogP contribution in [-0.4, -0.2) is 19.5 Å². The van der Waals surface area contributed by atoms with E-state index >= 15 is 0 Å². The number of hydrogen-bond donors (Lipinski definition) is 0. The molecule has 59 heavy (non-hydrogen) atoms. The van der Waals surface area contributed by atoms with Crippen LogP contribution in [0.5, 0.6) is 0 Å². The largest absolute Gasteiger partial charge is 0.278 e.